The molecule has 1 fully saturated rings. The summed E-state index contributed by atoms with van der Waals surface area (Å²) in [5.74, 6) is 0. The standard InChI is InChI=1S/C12H10I.C7H14O3S/c1-3-7-11(8-4-1)13-12-9-5-2-6-10-12;1-7(11(8,9)10)5-3-2-4-6-7/h1-10H;2-6H2,1H3,(H,8,9,10)/q+1;/p-1. The molecular weight excluding hydrogens is 435 g/mol. The fraction of sp³-hybridized carbons (Fsp3) is 0.368. The number of rotatable bonds is 3. The Labute approximate surface area is 155 Å². The molecule has 1 aliphatic rings. The van der Waals surface area contributed by atoms with E-state index in [2.05, 4.69) is 60.7 Å². The van der Waals surface area contributed by atoms with Crippen molar-refractivity contribution in [3.8, 4) is 0 Å². The van der Waals surface area contributed by atoms with Crippen LogP contribution in [0.2, 0.25) is 0 Å². The quantitative estimate of drug-likeness (QED) is 0.511. The Bertz CT molecular complexity index is 671. The number of hydrogen-bond donors (Lipinski definition) is 0. The molecule has 0 bridgehead atoms. The number of hydrogen-bond acceptors (Lipinski definition) is 3. The Morgan fingerprint density at radius 1 is 0.833 bits per heavy atom. The molecule has 5 heteroatoms. The molecular formula is C19H23IO3S. The summed E-state index contributed by atoms with van der Waals surface area (Å²) >= 11 is 0.0287. The van der Waals surface area contributed by atoms with Crippen LogP contribution in [-0.4, -0.2) is 17.7 Å². The molecule has 24 heavy (non-hydrogen) atoms. The average Bonchev–Trinajstić information content (AvgIpc) is 2.57. The average molecular weight is 458 g/mol. The van der Waals surface area contributed by atoms with Crippen molar-refractivity contribution in [2.45, 2.75) is 43.8 Å². The van der Waals surface area contributed by atoms with E-state index < -0.39 is 14.9 Å². The summed E-state index contributed by atoms with van der Waals surface area (Å²) in [6.07, 6.45) is 3.89. The smallest absolute Gasteiger partial charge is 0.357 e. The lowest BCUT2D eigenvalue weighted by Gasteiger charge is -2.35. The summed E-state index contributed by atoms with van der Waals surface area (Å²) in [5.41, 5.74) is 0. The third kappa shape index (κ3) is 5.86. The maximum Gasteiger partial charge on any atom is 0.357 e. The lowest BCUT2D eigenvalue weighted by molar-refractivity contribution is -0.597. The fourth-order valence-electron chi connectivity index (χ4n) is 2.63. The molecule has 2 aromatic rings. The Morgan fingerprint density at radius 3 is 1.58 bits per heavy atom. The molecule has 0 unspecified atom stereocenters. The second kappa shape index (κ2) is 8.97. The van der Waals surface area contributed by atoms with Gasteiger partial charge >= 0.3 is 21.2 Å². The van der Waals surface area contributed by atoms with Gasteiger partial charge in [0.05, 0.1) is 4.75 Å². The molecule has 0 aromatic heterocycles. The van der Waals surface area contributed by atoms with E-state index in [1.54, 1.807) is 6.92 Å². The van der Waals surface area contributed by atoms with Gasteiger partial charge in [0, 0.05) is 0 Å². The van der Waals surface area contributed by atoms with Crippen LogP contribution in [0.5, 0.6) is 0 Å². The van der Waals surface area contributed by atoms with Gasteiger partial charge in [-0.25, -0.2) is 8.42 Å². The second-order valence-electron chi connectivity index (χ2n) is 6.15. The van der Waals surface area contributed by atoms with E-state index >= 15 is 0 Å². The van der Waals surface area contributed by atoms with Crippen molar-refractivity contribution in [1.82, 2.24) is 0 Å². The molecule has 3 nitrogen and oxygen atoms in total. The Hall–Kier alpha value is -0.920. The van der Waals surface area contributed by atoms with Crippen LogP contribution in [0.15, 0.2) is 60.7 Å². The molecule has 0 atom stereocenters. The lowest BCUT2D eigenvalue weighted by Crippen LogP contribution is -3.61. The van der Waals surface area contributed by atoms with Crippen LogP contribution < -0.4 is 21.2 Å². The largest absolute Gasteiger partial charge is 0.748 e. The van der Waals surface area contributed by atoms with E-state index in [4.69, 9.17) is 0 Å². The van der Waals surface area contributed by atoms with Crippen molar-refractivity contribution < 1.29 is 34.2 Å². The van der Waals surface area contributed by atoms with Crippen LogP contribution >= 0.6 is 0 Å². The lowest BCUT2D eigenvalue weighted by atomic mass is 9.90. The van der Waals surface area contributed by atoms with Crippen molar-refractivity contribution in [3.63, 3.8) is 0 Å². The molecule has 0 radical (unpaired) electrons. The van der Waals surface area contributed by atoms with Gasteiger partial charge in [0.1, 0.15) is 10.1 Å². The van der Waals surface area contributed by atoms with Gasteiger partial charge in [0.15, 0.2) is 7.14 Å². The van der Waals surface area contributed by atoms with Crippen LogP contribution in [0.3, 0.4) is 0 Å². The number of benzene rings is 2. The summed E-state index contributed by atoms with van der Waals surface area (Å²) in [6.45, 7) is 1.56. The zero-order valence-corrected chi connectivity index (χ0v) is 16.8. The van der Waals surface area contributed by atoms with E-state index in [9.17, 15) is 13.0 Å². The molecule has 0 heterocycles. The molecule has 0 N–H and O–H groups in total. The molecule has 2 aromatic carbocycles. The monoisotopic (exact) mass is 458 g/mol. The van der Waals surface area contributed by atoms with E-state index in [0.29, 0.717) is 12.8 Å². The van der Waals surface area contributed by atoms with Gasteiger partial charge < -0.3 is 4.55 Å². The third-order valence-corrected chi connectivity index (χ3v) is 8.50. The normalized spacial score (nSPS) is 16.8. The summed E-state index contributed by atoms with van der Waals surface area (Å²) in [5, 5.41) is 0. The Balaban J connectivity index is 0.000000177. The minimum atomic E-state index is -4.08. The zero-order valence-electron chi connectivity index (χ0n) is 13.8. The highest BCUT2D eigenvalue weighted by atomic mass is 127. The third-order valence-electron chi connectivity index (χ3n) is 4.20. The van der Waals surface area contributed by atoms with Crippen molar-refractivity contribution >= 4 is 10.1 Å². The Kier molecular flexibility index (Phi) is 7.25. The van der Waals surface area contributed by atoms with Gasteiger partial charge in [-0.3, -0.25) is 0 Å². The summed E-state index contributed by atoms with van der Waals surface area (Å²) < 4.78 is 34.2. The molecule has 0 saturated heterocycles. The van der Waals surface area contributed by atoms with E-state index in [1.165, 1.54) is 7.14 Å². The molecule has 0 amide bonds. The van der Waals surface area contributed by atoms with Crippen LogP contribution in [0.25, 0.3) is 0 Å². The summed E-state index contributed by atoms with van der Waals surface area (Å²) in [4.78, 5) is 0. The van der Waals surface area contributed by atoms with Gasteiger partial charge in [0.25, 0.3) is 0 Å². The molecule has 0 aliphatic heterocycles. The van der Waals surface area contributed by atoms with Gasteiger partial charge in [-0.1, -0.05) is 55.7 Å². The maximum atomic E-state index is 10.8. The zero-order chi connectivity index (χ0) is 17.5. The van der Waals surface area contributed by atoms with Crippen LogP contribution in [0.1, 0.15) is 39.0 Å². The van der Waals surface area contributed by atoms with Gasteiger partial charge in [-0.15, -0.1) is 0 Å². The maximum absolute atomic E-state index is 10.8. The fourth-order valence-corrected chi connectivity index (χ4v) is 5.69. The first-order valence-electron chi connectivity index (χ1n) is 8.11. The van der Waals surface area contributed by atoms with Gasteiger partial charge in [0.2, 0.25) is 0 Å². The first-order chi connectivity index (χ1) is 11.4. The SMILES string of the molecule is CC1(S(=O)(=O)[O-])CCCCC1.c1ccc([I+]c2ccccc2)cc1. The Morgan fingerprint density at radius 2 is 1.25 bits per heavy atom. The number of halogens is 1. The van der Waals surface area contributed by atoms with Crippen molar-refractivity contribution in [3.05, 3.63) is 67.8 Å². The minimum Gasteiger partial charge on any atom is -0.748 e. The van der Waals surface area contributed by atoms with Crippen LogP contribution in [0, 0.1) is 7.14 Å². The molecule has 130 valence electrons. The van der Waals surface area contributed by atoms with Crippen LogP contribution in [0.4, 0.5) is 0 Å². The summed E-state index contributed by atoms with van der Waals surface area (Å²) in [7, 11) is -4.08. The highest BCUT2D eigenvalue weighted by Crippen LogP contribution is 2.33. The van der Waals surface area contributed by atoms with Crippen molar-refractivity contribution in [2.24, 2.45) is 0 Å². The predicted octanol–water partition coefficient (Wildman–Crippen LogP) is 1.07. The topological polar surface area (TPSA) is 57.2 Å². The first kappa shape index (κ1) is 19.4. The molecule has 0 spiro atoms. The predicted molar refractivity (Wildman–Crippen MR) is 91.5 cm³/mol. The van der Waals surface area contributed by atoms with Gasteiger partial charge in [-0.05, 0) is 44.0 Å². The van der Waals surface area contributed by atoms with Crippen molar-refractivity contribution in [2.75, 3.05) is 0 Å². The van der Waals surface area contributed by atoms with E-state index in [0.717, 1.165) is 19.3 Å². The molecule has 3 rings (SSSR count). The summed E-state index contributed by atoms with van der Waals surface area (Å²) in [6, 6.07) is 21.4. The minimum absolute atomic E-state index is 0.0287. The highest BCUT2D eigenvalue weighted by Gasteiger charge is 2.33. The van der Waals surface area contributed by atoms with Crippen LogP contribution in [-0.2, 0) is 10.1 Å². The van der Waals surface area contributed by atoms with Crippen molar-refractivity contribution in [1.29, 1.82) is 0 Å². The first-order valence-corrected chi connectivity index (χ1v) is 11.7. The second-order valence-corrected chi connectivity index (χ2v) is 11.1. The van der Waals surface area contributed by atoms with E-state index in [-0.39, 0.29) is 21.2 Å². The molecule has 1 aliphatic carbocycles. The van der Waals surface area contributed by atoms with E-state index in [1.807, 2.05) is 0 Å². The highest BCUT2D eigenvalue weighted by molar-refractivity contribution is 7.87. The molecule has 1 saturated carbocycles. The van der Waals surface area contributed by atoms with Gasteiger partial charge in [-0.2, -0.15) is 0 Å².